The third kappa shape index (κ3) is 4.28. The average Bonchev–Trinajstić information content (AvgIpc) is 3.27. The first kappa shape index (κ1) is 19.3. The highest BCUT2D eigenvalue weighted by Crippen LogP contribution is 2.32. The Morgan fingerprint density at radius 3 is 2.81 bits per heavy atom. The van der Waals surface area contributed by atoms with Crippen molar-refractivity contribution in [2.24, 2.45) is 0 Å². The second-order valence-corrected chi connectivity index (χ2v) is 7.52. The van der Waals surface area contributed by atoms with Crippen molar-refractivity contribution in [1.82, 2.24) is 19.4 Å². The van der Waals surface area contributed by atoms with E-state index < -0.39 is 6.09 Å². The van der Waals surface area contributed by atoms with Gasteiger partial charge in [0.05, 0.1) is 29.2 Å². The number of nitrogens with one attached hydrogen (secondary N) is 1. The lowest BCUT2D eigenvalue weighted by Gasteiger charge is -2.33. The van der Waals surface area contributed by atoms with Crippen LogP contribution in [-0.2, 0) is 4.74 Å². The molecule has 2 atom stereocenters. The molecule has 27 heavy (non-hydrogen) atoms. The maximum absolute atomic E-state index is 11.6. The fraction of sp³-hybridized carbons (Fsp3) is 0.421. The molecule has 2 aromatic heterocycles. The van der Waals surface area contributed by atoms with Gasteiger partial charge in [0.15, 0.2) is 5.13 Å². The maximum Gasteiger partial charge on any atom is 0.413 e. The standard InChI is InChI=1S/C19H25N5O2S/c1-5-15(23(3)4)17(24-10-9-20-12-24)13-7-8-14-16(11-13)27-18(21-14)22-19(25)26-6-2/h7-12,15,17H,5-6H2,1-4H3,(H,21,22,25). The van der Waals surface area contributed by atoms with E-state index in [0.717, 1.165) is 16.6 Å². The summed E-state index contributed by atoms with van der Waals surface area (Å²) in [5, 5.41) is 3.22. The number of nitrogens with zero attached hydrogens (tertiary/aromatic N) is 4. The number of ether oxygens (including phenoxy) is 1. The summed E-state index contributed by atoms with van der Waals surface area (Å²) in [5.41, 5.74) is 2.05. The number of rotatable bonds is 7. The number of thiazole rings is 1. The summed E-state index contributed by atoms with van der Waals surface area (Å²) in [6, 6.07) is 6.72. The quantitative estimate of drug-likeness (QED) is 0.664. The van der Waals surface area contributed by atoms with Crippen molar-refractivity contribution in [1.29, 1.82) is 0 Å². The number of imidazole rings is 1. The molecule has 0 saturated carbocycles. The van der Waals surface area contributed by atoms with E-state index in [4.69, 9.17) is 4.74 Å². The average molecular weight is 388 g/mol. The zero-order valence-corrected chi connectivity index (χ0v) is 16.9. The smallest absolute Gasteiger partial charge is 0.413 e. The van der Waals surface area contributed by atoms with Crippen molar-refractivity contribution >= 4 is 32.8 Å². The number of carbonyl (C=O) groups excluding carboxylic acids is 1. The molecule has 0 spiro atoms. The zero-order chi connectivity index (χ0) is 19.4. The number of hydrogen-bond donors (Lipinski definition) is 1. The van der Waals surface area contributed by atoms with E-state index >= 15 is 0 Å². The Morgan fingerprint density at radius 2 is 2.19 bits per heavy atom. The van der Waals surface area contributed by atoms with Gasteiger partial charge in [-0.05, 0) is 45.1 Å². The lowest BCUT2D eigenvalue weighted by molar-refractivity contribution is 0.168. The number of hydrogen-bond acceptors (Lipinski definition) is 6. The Hall–Kier alpha value is -2.45. The van der Waals surface area contributed by atoms with Crippen LogP contribution >= 0.6 is 11.3 Å². The molecule has 0 fully saturated rings. The van der Waals surface area contributed by atoms with Gasteiger partial charge in [-0.25, -0.2) is 14.8 Å². The van der Waals surface area contributed by atoms with E-state index in [2.05, 4.69) is 57.9 Å². The molecule has 0 aliphatic rings. The molecule has 1 aromatic carbocycles. The molecule has 0 aliphatic heterocycles. The zero-order valence-electron chi connectivity index (χ0n) is 16.0. The number of amides is 1. The minimum Gasteiger partial charge on any atom is -0.450 e. The van der Waals surface area contributed by atoms with Crippen molar-refractivity contribution in [3.05, 3.63) is 42.5 Å². The molecule has 1 amide bonds. The van der Waals surface area contributed by atoms with Crippen LogP contribution in [0.4, 0.5) is 9.93 Å². The topological polar surface area (TPSA) is 72.3 Å². The van der Waals surface area contributed by atoms with Gasteiger partial charge in [0, 0.05) is 18.4 Å². The monoisotopic (exact) mass is 387 g/mol. The largest absolute Gasteiger partial charge is 0.450 e. The summed E-state index contributed by atoms with van der Waals surface area (Å²) in [4.78, 5) is 22.6. The van der Waals surface area contributed by atoms with Gasteiger partial charge >= 0.3 is 6.09 Å². The third-order valence-corrected chi connectivity index (χ3v) is 5.46. The summed E-state index contributed by atoms with van der Waals surface area (Å²) in [5.74, 6) is 0. The van der Waals surface area contributed by atoms with E-state index in [1.54, 1.807) is 6.92 Å². The fourth-order valence-corrected chi connectivity index (χ4v) is 4.23. The van der Waals surface area contributed by atoms with E-state index in [1.807, 2.05) is 24.8 Å². The van der Waals surface area contributed by atoms with Crippen LogP contribution in [0.5, 0.6) is 0 Å². The lowest BCUT2D eigenvalue weighted by atomic mass is 9.96. The van der Waals surface area contributed by atoms with Crippen LogP contribution in [0.15, 0.2) is 36.9 Å². The number of benzene rings is 1. The Bertz CT molecular complexity index is 891. The van der Waals surface area contributed by atoms with Gasteiger partial charge in [-0.1, -0.05) is 24.3 Å². The van der Waals surface area contributed by atoms with Crippen molar-refractivity contribution in [2.45, 2.75) is 32.4 Å². The first-order valence-corrected chi connectivity index (χ1v) is 9.83. The first-order valence-electron chi connectivity index (χ1n) is 9.01. The summed E-state index contributed by atoms with van der Waals surface area (Å²) in [6.07, 6.45) is 6.20. The molecule has 0 aliphatic carbocycles. The van der Waals surface area contributed by atoms with Gasteiger partial charge in [0.2, 0.25) is 0 Å². The molecule has 2 heterocycles. The van der Waals surface area contributed by atoms with E-state index in [1.165, 1.54) is 16.9 Å². The van der Waals surface area contributed by atoms with E-state index in [9.17, 15) is 4.79 Å². The van der Waals surface area contributed by atoms with Crippen LogP contribution in [0.25, 0.3) is 10.2 Å². The molecule has 3 aromatic rings. The Balaban J connectivity index is 1.96. The van der Waals surface area contributed by atoms with Gasteiger partial charge in [-0.15, -0.1) is 0 Å². The van der Waals surface area contributed by atoms with Gasteiger partial charge in [-0.2, -0.15) is 0 Å². The minimum atomic E-state index is -0.480. The van der Waals surface area contributed by atoms with Gasteiger partial charge in [0.25, 0.3) is 0 Å². The maximum atomic E-state index is 11.6. The van der Waals surface area contributed by atoms with Crippen LogP contribution in [-0.4, -0.2) is 52.3 Å². The molecule has 144 valence electrons. The van der Waals surface area contributed by atoms with Crippen LogP contribution in [0.1, 0.15) is 31.9 Å². The van der Waals surface area contributed by atoms with Gasteiger partial charge in [-0.3, -0.25) is 5.32 Å². The summed E-state index contributed by atoms with van der Waals surface area (Å²) >= 11 is 1.45. The fourth-order valence-electron chi connectivity index (χ4n) is 3.33. The highest BCUT2D eigenvalue weighted by Gasteiger charge is 2.25. The predicted molar refractivity (Wildman–Crippen MR) is 108 cm³/mol. The van der Waals surface area contributed by atoms with Crippen LogP contribution < -0.4 is 5.32 Å². The van der Waals surface area contributed by atoms with Crippen molar-refractivity contribution < 1.29 is 9.53 Å². The molecule has 1 N–H and O–H groups in total. The van der Waals surface area contributed by atoms with Crippen molar-refractivity contribution in [3.63, 3.8) is 0 Å². The van der Waals surface area contributed by atoms with Crippen LogP contribution in [0.3, 0.4) is 0 Å². The third-order valence-electron chi connectivity index (χ3n) is 4.53. The number of anilines is 1. The minimum absolute atomic E-state index is 0.139. The number of fused-ring (bicyclic) bond motifs is 1. The molecule has 8 heteroatoms. The molecule has 0 saturated heterocycles. The SMILES string of the molecule is CCOC(=O)Nc1nc2ccc(C(C(CC)N(C)C)n3ccnc3)cc2s1. The summed E-state index contributed by atoms with van der Waals surface area (Å²) < 4.78 is 8.10. The Morgan fingerprint density at radius 1 is 1.37 bits per heavy atom. The second-order valence-electron chi connectivity index (χ2n) is 6.49. The molecule has 2 unspecified atom stereocenters. The number of likely N-dealkylation sites (N-methyl/N-ethyl adjacent to an activating group) is 1. The van der Waals surface area contributed by atoms with E-state index in [0.29, 0.717) is 17.8 Å². The molecule has 0 radical (unpaired) electrons. The normalized spacial score (nSPS) is 13.7. The predicted octanol–water partition coefficient (Wildman–Crippen LogP) is 3.99. The van der Waals surface area contributed by atoms with Crippen molar-refractivity contribution in [2.75, 3.05) is 26.0 Å². The number of aromatic nitrogens is 3. The number of carbonyl (C=O) groups is 1. The highest BCUT2D eigenvalue weighted by atomic mass is 32.1. The Labute approximate surface area is 163 Å². The lowest BCUT2D eigenvalue weighted by Crippen LogP contribution is -2.36. The van der Waals surface area contributed by atoms with E-state index in [-0.39, 0.29) is 6.04 Å². The summed E-state index contributed by atoms with van der Waals surface area (Å²) in [6.45, 7) is 4.30. The first-order chi connectivity index (χ1) is 13.0. The molecule has 0 bridgehead atoms. The highest BCUT2D eigenvalue weighted by molar-refractivity contribution is 7.22. The molecule has 3 rings (SSSR count). The molecular weight excluding hydrogens is 362 g/mol. The Kier molecular flexibility index (Phi) is 6.08. The van der Waals surface area contributed by atoms with Crippen molar-refractivity contribution in [3.8, 4) is 0 Å². The second kappa shape index (κ2) is 8.49. The molecular formula is C19H25N5O2S. The van der Waals surface area contributed by atoms with Gasteiger partial charge in [0.1, 0.15) is 0 Å². The van der Waals surface area contributed by atoms with Crippen LogP contribution in [0.2, 0.25) is 0 Å². The molecule has 7 nitrogen and oxygen atoms in total. The van der Waals surface area contributed by atoms with Gasteiger partial charge < -0.3 is 14.2 Å². The van der Waals surface area contributed by atoms with Crippen LogP contribution in [0, 0.1) is 0 Å². The summed E-state index contributed by atoms with van der Waals surface area (Å²) in [7, 11) is 4.20.